The summed E-state index contributed by atoms with van der Waals surface area (Å²) in [6.07, 6.45) is 0. The second-order valence-corrected chi connectivity index (χ2v) is 6.42. The van der Waals surface area contributed by atoms with Crippen molar-refractivity contribution in [3.63, 3.8) is 0 Å². The minimum atomic E-state index is -0.519. The molecule has 1 fully saturated rings. The van der Waals surface area contributed by atoms with Gasteiger partial charge in [-0.3, -0.25) is 9.59 Å². The Morgan fingerprint density at radius 3 is 1.46 bits per heavy atom. The predicted molar refractivity (Wildman–Crippen MR) is 109 cm³/mol. The molecule has 0 aromatic heterocycles. The van der Waals surface area contributed by atoms with Gasteiger partial charge < -0.3 is 20.1 Å². The summed E-state index contributed by atoms with van der Waals surface area (Å²) in [6.45, 7) is 8.85. The monoisotopic (exact) mass is 380 g/mol. The highest BCUT2D eigenvalue weighted by molar-refractivity contribution is 6.08. The van der Waals surface area contributed by atoms with Crippen molar-refractivity contribution >= 4 is 23.2 Å². The molecule has 1 saturated carbocycles. The van der Waals surface area contributed by atoms with Gasteiger partial charge in [0.2, 0.25) is 11.8 Å². The first-order valence-corrected chi connectivity index (χ1v) is 9.29. The number of carbonyl (C=O) groups excluding carboxylic acids is 2. The van der Waals surface area contributed by atoms with Gasteiger partial charge in [-0.2, -0.15) is 0 Å². The van der Waals surface area contributed by atoms with Crippen LogP contribution in [0.4, 0.5) is 11.4 Å². The molecule has 6 heteroatoms. The summed E-state index contributed by atoms with van der Waals surface area (Å²) >= 11 is 0. The maximum Gasteiger partial charge on any atom is 0.232 e. The summed E-state index contributed by atoms with van der Waals surface area (Å²) in [7, 11) is 0. The number of ether oxygens (including phenoxy) is 2. The van der Waals surface area contributed by atoms with Crippen LogP contribution in [0.25, 0.3) is 0 Å². The molecule has 2 atom stereocenters. The number of benzene rings is 2. The fourth-order valence-electron chi connectivity index (χ4n) is 3.00. The Hall–Kier alpha value is -3.28. The molecule has 0 aliphatic heterocycles. The van der Waals surface area contributed by atoms with E-state index in [0.29, 0.717) is 30.2 Å². The van der Waals surface area contributed by atoms with Crippen LogP contribution in [0.15, 0.2) is 60.7 Å². The third-order valence-electron chi connectivity index (χ3n) is 4.45. The van der Waals surface area contributed by atoms with Crippen LogP contribution in [0, 0.1) is 11.8 Å². The molecule has 2 amide bonds. The fraction of sp³-hybridized carbons (Fsp3) is 0.273. The maximum absolute atomic E-state index is 12.5. The lowest BCUT2D eigenvalue weighted by Crippen LogP contribution is -2.20. The molecule has 28 heavy (non-hydrogen) atoms. The first-order valence-electron chi connectivity index (χ1n) is 9.29. The number of amides is 2. The van der Waals surface area contributed by atoms with Gasteiger partial charge in [0.15, 0.2) is 0 Å². The topological polar surface area (TPSA) is 76.7 Å². The molecule has 1 aliphatic carbocycles. The van der Waals surface area contributed by atoms with Crippen LogP contribution in [0.5, 0.6) is 11.5 Å². The van der Waals surface area contributed by atoms with Crippen molar-refractivity contribution in [3.8, 4) is 11.5 Å². The summed E-state index contributed by atoms with van der Waals surface area (Å²) in [5.41, 5.74) is 1.92. The van der Waals surface area contributed by atoms with E-state index in [0.717, 1.165) is 11.5 Å². The van der Waals surface area contributed by atoms with E-state index in [4.69, 9.17) is 9.47 Å². The molecular formula is C22H24N2O4. The van der Waals surface area contributed by atoms with Crippen molar-refractivity contribution in [1.29, 1.82) is 0 Å². The summed E-state index contributed by atoms with van der Waals surface area (Å²) in [6, 6.07) is 14.2. The summed E-state index contributed by atoms with van der Waals surface area (Å²) in [5, 5.41) is 5.64. The van der Waals surface area contributed by atoms with Crippen LogP contribution in [-0.2, 0) is 9.59 Å². The largest absolute Gasteiger partial charge is 0.494 e. The average Bonchev–Trinajstić information content (AvgIpc) is 3.37. The van der Waals surface area contributed by atoms with Gasteiger partial charge in [0.05, 0.1) is 25.0 Å². The van der Waals surface area contributed by atoms with Crippen LogP contribution in [0.2, 0.25) is 0 Å². The van der Waals surface area contributed by atoms with Crippen LogP contribution in [-0.4, -0.2) is 25.0 Å². The summed E-state index contributed by atoms with van der Waals surface area (Å²) < 4.78 is 10.8. The van der Waals surface area contributed by atoms with Crippen molar-refractivity contribution in [2.75, 3.05) is 23.8 Å². The second kappa shape index (κ2) is 8.61. The lowest BCUT2D eigenvalue weighted by Gasteiger charge is -2.08. The van der Waals surface area contributed by atoms with Gasteiger partial charge in [-0.25, -0.2) is 0 Å². The van der Waals surface area contributed by atoms with Crippen molar-refractivity contribution in [2.24, 2.45) is 11.8 Å². The Balaban J connectivity index is 1.55. The Morgan fingerprint density at radius 1 is 0.786 bits per heavy atom. The number of anilines is 2. The van der Waals surface area contributed by atoms with Gasteiger partial charge in [0.1, 0.15) is 11.5 Å². The first-order chi connectivity index (χ1) is 13.5. The zero-order chi connectivity index (χ0) is 20.1. The average molecular weight is 380 g/mol. The van der Waals surface area contributed by atoms with E-state index in [9.17, 15) is 9.59 Å². The SMILES string of the molecule is C=C1C(C(=O)Nc2ccc(OCC)cc2)[C@@H]1C(=O)Nc1ccc(OCC)cc1. The Kier molecular flexibility index (Phi) is 5.99. The highest BCUT2D eigenvalue weighted by Crippen LogP contribution is 2.45. The van der Waals surface area contributed by atoms with Gasteiger partial charge in [0.25, 0.3) is 0 Å². The molecule has 2 aromatic rings. The van der Waals surface area contributed by atoms with Gasteiger partial charge in [-0.15, -0.1) is 0 Å². The third-order valence-corrected chi connectivity index (χ3v) is 4.45. The van der Waals surface area contributed by atoms with Crippen molar-refractivity contribution in [1.82, 2.24) is 0 Å². The van der Waals surface area contributed by atoms with E-state index in [1.165, 1.54) is 0 Å². The van der Waals surface area contributed by atoms with Gasteiger partial charge >= 0.3 is 0 Å². The van der Waals surface area contributed by atoms with Gasteiger partial charge in [0, 0.05) is 11.4 Å². The number of carbonyl (C=O) groups is 2. The van der Waals surface area contributed by atoms with Crippen molar-refractivity contribution < 1.29 is 19.1 Å². The Morgan fingerprint density at radius 2 is 1.14 bits per heavy atom. The third kappa shape index (κ3) is 4.52. The predicted octanol–water partition coefficient (Wildman–Crippen LogP) is 3.86. The normalized spacial score (nSPS) is 17.6. The fourth-order valence-corrected chi connectivity index (χ4v) is 3.00. The minimum absolute atomic E-state index is 0.235. The van der Waals surface area contributed by atoms with Crippen LogP contribution in [0.1, 0.15) is 13.8 Å². The lowest BCUT2D eigenvalue weighted by atomic mass is 10.2. The molecule has 0 saturated heterocycles. The standard InChI is InChI=1S/C22H24N2O4/c1-4-27-17-10-6-15(7-11-17)23-21(25)19-14(3)20(19)22(26)24-16-8-12-18(13-9-16)28-5-2/h6-13,19-20H,3-5H2,1-2H3,(H,23,25)(H,24,26)/t19-,20?/m1/s1. The molecule has 0 radical (unpaired) electrons. The molecule has 1 aliphatic rings. The molecular weight excluding hydrogens is 356 g/mol. The molecule has 2 aromatic carbocycles. The van der Waals surface area contributed by atoms with Crippen molar-refractivity contribution in [2.45, 2.75) is 13.8 Å². The van der Waals surface area contributed by atoms with Crippen LogP contribution < -0.4 is 20.1 Å². The van der Waals surface area contributed by atoms with Crippen LogP contribution >= 0.6 is 0 Å². The van der Waals surface area contributed by atoms with E-state index >= 15 is 0 Å². The number of hydrogen-bond acceptors (Lipinski definition) is 4. The second-order valence-electron chi connectivity index (χ2n) is 6.42. The maximum atomic E-state index is 12.5. The molecule has 6 nitrogen and oxygen atoms in total. The number of nitrogens with one attached hydrogen (secondary N) is 2. The van der Waals surface area contributed by atoms with E-state index in [1.54, 1.807) is 48.5 Å². The zero-order valence-corrected chi connectivity index (χ0v) is 16.0. The first kappa shape index (κ1) is 19.5. The van der Waals surface area contributed by atoms with E-state index < -0.39 is 11.8 Å². The van der Waals surface area contributed by atoms with E-state index in [-0.39, 0.29) is 11.8 Å². The minimum Gasteiger partial charge on any atom is -0.494 e. The molecule has 2 N–H and O–H groups in total. The van der Waals surface area contributed by atoms with Gasteiger partial charge in [-0.05, 0) is 62.4 Å². The summed E-state index contributed by atoms with van der Waals surface area (Å²) in [4.78, 5) is 25.0. The number of rotatable bonds is 8. The quantitative estimate of drug-likeness (QED) is 0.682. The molecule has 1 unspecified atom stereocenters. The Labute approximate surface area is 164 Å². The Bertz CT molecular complexity index is 788. The van der Waals surface area contributed by atoms with Gasteiger partial charge in [-0.1, -0.05) is 12.2 Å². The molecule has 3 rings (SSSR count). The van der Waals surface area contributed by atoms with E-state index in [2.05, 4.69) is 17.2 Å². The lowest BCUT2D eigenvalue weighted by molar-refractivity contribution is -0.122. The highest BCUT2D eigenvalue weighted by Gasteiger charge is 2.52. The van der Waals surface area contributed by atoms with E-state index in [1.807, 2.05) is 13.8 Å². The molecule has 146 valence electrons. The molecule has 0 heterocycles. The highest BCUT2D eigenvalue weighted by atomic mass is 16.5. The van der Waals surface area contributed by atoms with Crippen LogP contribution in [0.3, 0.4) is 0 Å². The zero-order valence-electron chi connectivity index (χ0n) is 16.0. The smallest absolute Gasteiger partial charge is 0.232 e. The summed E-state index contributed by atoms with van der Waals surface area (Å²) in [5.74, 6) is -0.0292. The molecule has 0 bridgehead atoms. The van der Waals surface area contributed by atoms with Crippen molar-refractivity contribution in [3.05, 3.63) is 60.7 Å². The number of hydrogen-bond donors (Lipinski definition) is 2. The molecule has 0 spiro atoms.